The maximum atomic E-state index is 12.9. The van der Waals surface area contributed by atoms with Crippen molar-refractivity contribution in [3.63, 3.8) is 0 Å². The second kappa shape index (κ2) is 11.1. The molecule has 0 radical (unpaired) electrons. The van der Waals surface area contributed by atoms with Gasteiger partial charge in [0.25, 0.3) is 5.56 Å². The van der Waals surface area contributed by atoms with Crippen LogP contribution < -0.4 is 21.3 Å². The Bertz CT molecular complexity index is 1390. The number of nitrogens with zero attached hydrogens (tertiary/aromatic N) is 3. The Morgan fingerprint density at radius 2 is 1.80 bits per heavy atom. The van der Waals surface area contributed by atoms with Crippen LogP contribution in [-0.2, 0) is 25.3 Å². The number of hydrogen-bond acceptors (Lipinski definition) is 7. The highest BCUT2D eigenvalue weighted by Gasteiger charge is 2.22. The molecule has 10 heteroatoms. The SMILES string of the molecule is CCc1cccc(C)c1NC(=O)CSC(=Nc1ccc(OC)cc1)c1c(O)n(C)c(=O)n(C)c1=O. The Labute approximate surface area is 207 Å². The minimum absolute atomic E-state index is 0.0715. The summed E-state index contributed by atoms with van der Waals surface area (Å²) < 4.78 is 7.02. The van der Waals surface area contributed by atoms with Gasteiger partial charge in [-0.05, 0) is 48.7 Å². The van der Waals surface area contributed by atoms with E-state index in [4.69, 9.17) is 4.74 Å². The monoisotopic (exact) mass is 496 g/mol. The Kier molecular flexibility index (Phi) is 8.18. The van der Waals surface area contributed by atoms with Crippen LogP contribution in [0.1, 0.15) is 23.6 Å². The minimum Gasteiger partial charge on any atom is -0.497 e. The topological polar surface area (TPSA) is 115 Å². The van der Waals surface area contributed by atoms with E-state index in [1.807, 2.05) is 32.0 Å². The molecule has 3 aromatic rings. The predicted octanol–water partition coefficient (Wildman–Crippen LogP) is 3.12. The number of anilines is 1. The average molecular weight is 497 g/mol. The molecule has 9 nitrogen and oxygen atoms in total. The standard InChI is InChI=1S/C25H28N4O5S/c1-6-16-9-7-8-15(2)21(16)27-19(30)14-35-22(26-17-10-12-18(34-5)13-11-17)20-23(31)28(3)25(33)29(4)24(20)32/h7-13,31H,6,14H2,1-5H3,(H,27,30). The van der Waals surface area contributed by atoms with E-state index in [1.165, 1.54) is 14.1 Å². The molecule has 0 saturated carbocycles. The number of aliphatic imine (C=N–C) groups is 1. The lowest BCUT2D eigenvalue weighted by molar-refractivity contribution is -0.113. The van der Waals surface area contributed by atoms with Gasteiger partial charge < -0.3 is 15.2 Å². The summed E-state index contributed by atoms with van der Waals surface area (Å²) in [5.41, 5.74) is 1.66. The summed E-state index contributed by atoms with van der Waals surface area (Å²) in [4.78, 5) is 42.5. The zero-order valence-electron chi connectivity index (χ0n) is 20.3. The van der Waals surface area contributed by atoms with Gasteiger partial charge in [-0.25, -0.2) is 9.79 Å². The fourth-order valence-electron chi connectivity index (χ4n) is 3.47. The molecule has 0 bridgehead atoms. The third kappa shape index (κ3) is 5.65. The first-order valence-electron chi connectivity index (χ1n) is 10.9. The summed E-state index contributed by atoms with van der Waals surface area (Å²) in [6.45, 7) is 3.93. The number of rotatable bonds is 7. The van der Waals surface area contributed by atoms with Crippen LogP contribution in [0.4, 0.5) is 11.4 Å². The zero-order chi connectivity index (χ0) is 25.7. The Hall–Kier alpha value is -3.79. The third-order valence-corrected chi connectivity index (χ3v) is 6.47. The van der Waals surface area contributed by atoms with Crippen LogP contribution in [0.2, 0.25) is 0 Å². The van der Waals surface area contributed by atoms with Crippen molar-refractivity contribution < 1.29 is 14.6 Å². The van der Waals surface area contributed by atoms with Crippen LogP contribution >= 0.6 is 11.8 Å². The fourth-order valence-corrected chi connectivity index (χ4v) is 4.30. The van der Waals surface area contributed by atoms with Crippen LogP contribution in [0.15, 0.2) is 57.0 Å². The molecule has 0 atom stereocenters. The highest BCUT2D eigenvalue weighted by Crippen LogP contribution is 2.26. The summed E-state index contributed by atoms with van der Waals surface area (Å²) in [5.74, 6) is -0.255. The van der Waals surface area contributed by atoms with Crippen molar-refractivity contribution in [3.05, 3.63) is 80.0 Å². The molecule has 1 aromatic heterocycles. The number of hydrogen-bond donors (Lipinski definition) is 2. The molecule has 3 rings (SSSR count). The smallest absolute Gasteiger partial charge is 0.333 e. The minimum atomic E-state index is -0.710. The lowest BCUT2D eigenvalue weighted by Gasteiger charge is -2.14. The van der Waals surface area contributed by atoms with E-state index in [9.17, 15) is 19.5 Å². The number of aromatic hydroxyl groups is 1. The van der Waals surface area contributed by atoms with Crippen molar-refractivity contribution in [1.82, 2.24) is 9.13 Å². The van der Waals surface area contributed by atoms with Gasteiger partial charge in [0, 0.05) is 19.8 Å². The largest absolute Gasteiger partial charge is 0.497 e. The van der Waals surface area contributed by atoms with Crippen molar-refractivity contribution >= 4 is 34.1 Å². The molecular formula is C25H28N4O5S. The van der Waals surface area contributed by atoms with Crippen molar-refractivity contribution in [3.8, 4) is 11.6 Å². The van der Waals surface area contributed by atoms with Gasteiger partial charge in [0.15, 0.2) is 0 Å². The quantitative estimate of drug-likeness (QED) is 0.384. The second-order valence-corrected chi connectivity index (χ2v) is 8.78. The molecule has 0 aliphatic carbocycles. The van der Waals surface area contributed by atoms with E-state index in [1.54, 1.807) is 31.4 Å². The summed E-state index contributed by atoms with van der Waals surface area (Å²) in [6, 6.07) is 12.6. The van der Waals surface area contributed by atoms with Crippen molar-refractivity contribution in [2.24, 2.45) is 19.1 Å². The second-order valence-electron chi connectivity index (χ2n) is 7.82. The van der Waals surface area contributed by atoms with Gasteiger partial charge in [0.05, 0.1) is 18.6 Å². The highest BCUT2D eigenvalue weighted by molar-refractivity contribution is 8.15. The van der Waals surface area contributed by atoms with E-state index in [2.05, 4.69) is 10.3 Å². The highest BCUT2D eigenvalue weighted by atomic mass is 32.2. The van der Waals surface area contributed by atoms with Gasteiger partial charge in [-0.2, -0.15) is 0 Å². The first-order valence-corrected chi connectivity index (χ1v) is 11.9. The zero-order valence-corrected chi connectivity index (χ0v) is 21.1. The summed E-state index contributed by atoms with van der Waals surface area (Å²) >= 11 is 0.996. The van der Waals surface area contributed by atoms with Crippen molar-refractivity contribution in [1.29, 1.82) is 0 Å². The molecule has 0 saturated heterocycles. The molecule has 0 fully saturated rings. The summed E-state index contributed by atoms with van der Waals surface area (Å²) in [6.07, 6.45) is 0.760. The lowest BCUT2D eigenvalue weighted by Crippen LogP contribution is -2.39. The molecule has 0 spiro atoms. The van der Waals surface area contributed by atoms with Gasteiger partial charge >= 0.3 is 5.69 Å². The molecule has 2 N–H and O–H groups in total. The van der Waals surface area contributed by atoms with Crippen molar-refractivity contribution in [2.45, 2.75) is 20.3 Å². The number of aromatic nitrogens is 2. The number of nitrogens with one attached hydrogen (secondary N) is 1. The van der Waals surface area contributed by atoms with E-state index >= 15 is 0 Å². The van der Waals surface area contributed by atoms with Gasteiger partial charge in [0.1, 0.15) is 16.4 Å². The Morgan fingerprint density at radius 3 is 2.43 bits per heavy atom. The molecule has 1 amide bonds. The van der Waals surface area contributed by atoms with E-state index in [0.717, 1.165) is 44.1 Å². The lowest BCUT2D eigenvalue weighted by atomic mass is 10.1. The molecule has 1 heterocycles. The number of ether oxygens (including phenoxy) is 1. The average Bonchev–Trinajstić information content (AvgIpc) is 2.86. The number of para-hydroxylation sites is 1. The molecule has 2 aromatic carbocycles. The van der Waals surface area contributed by atoms with Gasteiger partial charge in [0.2, 0.25) is 11.8 Å². The molecule has 0 aliphatic rings. The van der Waals surface area contributed by atoms with Gasteiger partial charge in [-0.3, -0.25) is 18.7 Å². The molecular weight excluding hydrogens is 468 g/mol. The van der Waals surface area contributed by atoms with Gasteiger partial charge in [-0.1, -0.05) is 36.9 Å². The van der Waals surface area contributed by atoms with Crippen LogP contribution in [0.25, 0.3) is 0 Å². The Morgan fingerprint density at radius 1 is 1.11 bits per heavy atom. The van der Waals surface area contributed by atoms with Gasteiger partial charge in [-0.15, -0.1) is 0 Å². The van der Waals surface area contributed by atoms with Crippen LogP contribution in [0, 0.1) is 6.92 Å². The maximum absolute atomic E-state index is 12.9. The summed E-state index contributed by atoms with van der Waals surface area (Å²) in [7, 11) is 4.22. The maximum Gasteiger partial charge on any atom is 0.333 e. The number of carbonyl (C=O) groups is 1. The van der Waals surface area contributed by atoms with Crippen LogP contribution in [0.5, 0.6) is 11.6 Å². The normalized spacial score (nSPS) is 11.4. The first-order chi connectivity index (χ1) is 16.7. The Balaban J connectivity index is 1.99. The first kappa shape index (κ1) is 25.8. The van der Waals surface area contributed by atoms with Crippen molar-refractivity contribution in [2.75, 3.05) is 18.2 Å². The summed E-state index contributed by atoms with van der Waals surface area (Å²) in [5, 5.41) is 13.7. The molecule has 35 heavy (non-hydrogen) atoms. The number of thioether (sulfide) groups is 1. The number of aryl methyl sites for hydroxylation is 2. The molecule has 184 valence electrons. The fraction of sp³-hybridized carbons (Fsp3) is 0.280. The molecule has 0 aliphatic heterocycles. The predicted molar refractivity (Wildman–Crippen MR) is 139 cm³/mol. The van der Waals surface area contributed by atoms with E-state index in [-0.39, 0.29) is 22.3 Å². The number of benzene rings is 2. The van der Waals surface area contributed by atoms with Crippen LogP contribution in [-0.4, -0.2) is 38.1 Å². The van der Waals surface area contributed by atoms with E-state index in [0.29, 0.717) is 11.4 Å². The third-order valence-electron chi connectivity index (χ3n) is 5.49. The molecule has 0 unspecified atom stereocenters. The number of amides is 1. The number of carbonyl (C=O) groups excluding carboxylic acids is 1. The van der Waals surface area contributed by atoms with E-state index < -0.39 is 17.1 Å². The van der Waals surface area contributed by atoms with Crippen LogP contribution in [0.3, 0.4) is 0 Å². The number of methoxy groups -OCH3 is 1.